The maximum Gasteiger partial charge on any atom is 0.472 e. The number of carbonyl (C=O) groups excluding carboxylic acids is 4. The smallest absolute Gasteiger partial charge is 0.462 e. The zero-order valence-corrected chi connectivity index (χ0v) is 42.4. The van der Waals surface area contributed by atoms with Crippen LogP contribution in [0, 0.1) is 5.92 Å². The van der Waals surface area contributed by atoms with E-state index in [0.717, 1.165) is 103 Å². The molecule has 19 heteroatoms. The molecule has 0 aromatic rings. The molecule has 384 valence electrons. The third-order valence-electron chi connectivity index (χ3n) is 10.3. The molecule has 17 nitrogen and oxygen atoms in total. The maximum absolute atomic E-state index is 12.7. The fraction of sp³-hybridized carbons (Fsp3) is 0.913. The van der Waals surface area contributed by atoms with E-state index in [9.17, 15) is 43.2 Å². The molecular formula is C46H88O17P2. The lowest BCUT2D eigenvalue weighted by molar-refractivity contribution is -0.161. The van der Waals surface area contributed by atoms with Crippen LogP contribution in [0.4, 0.5) is 0 Å². The SMILES string of the molecule is CCCCCCCC(=O)OC[C@H](COP(=O)(O)OC[C@H](O)COP(=O)(O)OC[C@@H](COC(=O)CCCCCCC)OC(=O)CCCCCCCCCC(C)C)OC(=O)CCCCCCC. The Morgan fingerprint density at radius 1 is 0.415 bits per heavy atom. The lowest BCUT2D eigenvalue weighted by atomic mass is 10.0. The fourth-order valence-electron chi connectivity index (χ4n) is 6.40. The molecule has 0 saturated carbocycles. The Balaban J connectivity index is 5.12. The summed E-state index contributed by atoms with van der Waals surface area (Å²) in [6, 6.07) is 0. The van der Waals surface area contributed by atoms with E-state index in [-0.39, 0.29) is 25.7 Å². The summed E-state index contributed by atoms with van der Waals surface area (Å²) in [6.45, 7) is 6.70. The minimum atomic E-state index is -4.91. The van der Waals surface area contributed by atoms with Crippen LogP contribution in [0.25, 0.3) is 0 Å². The number of carbonyl (C=O) groups is 4. The van der Waals surface area contributed by atoms with Crippen LogP contribution in [-0.2, 0) is 65.4 Å². The van der Waals surface area contributed by atoms with Gasteiger partial charge in [-0.1, -0.05) is 157 Å². The molecule has 0 aromatic heterocycles. The molecular weight excluding hydrogens is 886 g/mol. The zero-order chi connectivity index (χ0) is 48.6. The number of phosphoric acid groups is 2. The van der Waals surface area contributed by atoms with Crippen molar-refractivity contribution in [2.24, 2.45) is 5.92 Å². The Morgan fingerprint density at radius 3 is 1.05 bits per heavy atom. The number of aliphatic hydroxyl groups excluding tert-OH is 1. The molecule has 0 rings (SSSR count). The molecule has 0 aliphatic rings. The van der Waals surface area contributed by atoms with E-state index in [4.69, 9.17) is 37.0 Å². The van der Waals surface area contributed by atoms with Crippen molar-refractivity contribution in [3.8, 4) is 0 Å². The van der Waals surface area contributed by atoms with Crippen molar-refractivity contribution in [2.75, 3.05) is 39.6 Å². The molecule has 0 spiro atoms. The minimum Gasteiger partial charge on any atom is -0.462 e. The van der Waals surface area contributed by atoms with E-state index >= 15 is 0 Å². The standard InChI is InChI=1S/C46H88O17P2/c1-6-9-12-18-24-29-43(48)56-35-41(62-45(50)31-26-20-14-11-8-3)37-60-64(52,53)58-33-40(47)34-59-65(54,55)61-38-42(36-57-44(49)30-25-19-13-10-7-2)63-46(51)32-27-22-17-15-16-21-23-28-39(4)5/h39-42,47H,6-38H2,1-5H3,(H,52,53)(H,54,55)/t40-,41+,42+/m0/s1. The van der Waals surface area contributed by atoms with Crippen molar-refractivity contribution in [1.29, 1.82) is 0 Å². The fourth-order valence-corrected chi connectivity index (χ4v) is 7.98. The Bertz CT molecular complexity index is 1320. The molecule has 0 bridgehead atoms. The number of aliphatic hydroxyl groups is 1. The Kier molecular flexibility index (Phi) is 39.8. The highest BCUT2D eigenvalue weighted by Gasteiger charge is 2.30. The van der Waals surface area contributed by atoms with Gasteiger partial charge in [-0.15, -0.1) is 0 Å². The van der Waals surface area contributed by atoms with E-state index in [1.54, 1.807) is 0 Å². The molecule has 65 heavy (non-hydrogen) atoms. The molecule has 5 atom stereocenters. The average molecular weight is 975 g/mol. The predicted molar refractivity (Wildman–Crippen MR) is 248 cm³/mol. The van der Waals surface area contributed by atoms with Crippen LogP contribution in [0.3, 0.4) is 0 Å². The van der Waals surface area contributed by atoms with Crippen LogP contribution in [-0.4, -0.2) is 96.7 Å². The van der Waals surface area contributed by atoms with E-state index < -0.39 is 97.5 Å². The molecule has 0 radical (unpaired) electrons. The lowest BCUT2D eigenvalue weighted by Crippen LogP contribution is -2.30. The monoisotopic (exact) mass is 975 g/mol. The second-order valence-corrected chi connectivity index (χ2v) is 20.2. The summed E-state index contributed by atoms with van der Waals surface area (Å²) in [4.78, 5) is 70.5. The molecule has 0 fully saturated rings. The van der Waals surface area contributed by atoms with E-state index in [1.165, 1.54) is 19.3 Å². The van der Waals surface area contributed by atoms with Crippen LogP contribution in [0.2, 0.25) is 0 Å². The number of phosphoric ester groups is 2. The van der Waals surface area contributed by atoms with Gasteiger partial charge in [0, 0.05) is 25.7 Å². The van der Waals surface area contributed by atoms with Gasteiger partial charge in [0.15, 0.2) is 12.2 Å². The molecule has 0 aromatic carbocycles. The topological polar surface area (TPSA) is 237 Å². The van der Waals surface area contributed by atoms with Crippen LogP contribution in [0.5, 0.6) is 0 Å². The van der Waals surface area contributed by atoms with Crippen molar-refractivity contribution < 1.29 is 80.2 Å². The highest BCUT2D eigenvalue weighted by Crippen LogP contribution is 2.45. The summed E-state index contributed by atoms with van der Waals surface area (Å²) in [5, 5.41) is 10.3. The van der Waals surface area contributed by atoms with Crippen LogP contribution in [0.15, 0.2) is 0 Å². The molecule has 0 saturated heterocycles. The largest absolute Gasteiger partial charge is 0.472 e. The second kappa shape index (κ2) is 41.1. The molecule has 3 N–H and O–H groups in total. The van der Waals surface area contributed by atoms with E-state index in [1.807, 2.05) is 0 Å². The quantitative estimate of drug-likeness (QED) is 0.0222. The summed E-state index contributed by atoms with van der Waals surface area (Å²) in [5.41, 5.74) is 0. The van der Waals surface area contributed by atoms with Gasteiger partial charge in [0.25, 0.3) is 0 Å². The van der Waals surface area contributed by atoms with E-state index in [0.29, 0.717) is 31.6 Å². The van der Waals surface area contributed by atoms with Gasteiger partial charge < -0.3 is 33.8 Å². The second-order valence-electron chi connectivity index (χ2n) is 17.3. The highest BCUT2D eigenvalue weighted by molar-refractivity contribution is 7.47. The summed E-state index contributed by atoms with van der Waals surface area (Å²) in [5.74, 6) is -1.50. The highest BCUT2D eigenvalue weighted by atomic mass is 31.2. The van der Waals surface area contributed by atoms with Crippen molar-refractivity contribution >= 4 is 39.5 Å². The minimum absolute atomic E-state index is 0.0982. The van der Waals surface area contributed by atoms with Crippen LogP contribution < -0.4 is 0 Å². The molecule has 0 aliphatic heterocycles. The molecule has 2 unspecified atom stereocenters. The zero-order valence-electron chi connectivity index (χ0n) is 40.6. The van der Waals surface area contributed by atoms with Crippen molar-refractivity contribution in [3.05, 3.63) is 0 Å². The van der Waals surface area contributed by atoms with Gasteiger partial charge in [-0.2, -0.15) is 0 Å². The first-order valence-electron chi connectivity index (χ1n) is 24.6. The number of ether oxygens (including phenoxy) is 4. The summed E-state index contributed by atoms with van der Waals surface area (Å²) >= 11 is 0. The first-order valence-corrected chi connectivity index (χ1v) is 27.6. The normalized spacial score (nSPS) is 14.8. The summed E-state index contributed by atoms with van der Waals surface area (Å²) < 4.78 is 66.6. The number of unbranched alkanes of at least 4 members (excludes halogenated alkanes) is 18. The first kappa shape index (κ1) is 63.1. The number of hydrogen-bond acceptors (Lipinski definition) is 15. The van der Waals surface area contributed by atoms with Gasteiger partial charge in [0.1, 0.15) is 19.3 Å². The average Bonchev–Trinajstić information content (AvgIpc) is 3.26. The number of rotatable bonds is 46. The van der Waals surface area contributed by atoms with Crippen molar-refractivity contribution in [2.45, 2.75) is 226 Å². The van der Waals surface area contributed by atoms with Gasteiger partial charge in [0.05, 0.1) is 26.4 Å². The molecule has 0 amide bonds. The van der Waals surface area contributed by atoms with Gasteiger partial charge >= 0.3 is 39.5 Å². The first-order chi connectivity index (χ1) is 31.0. The van der Waals surface area contributed by atoms with Crippen LogP contribution >= 0.6 is 15.6 Å². The van der Waals surface area contributed by atoms with E-state index in [2.05, 4.69) is 34.6 Å². The molecule has 0 heterocycles. The van der Waals surface area contributed by atoms with Crippen LogP contribution in [0.1, 0.15) is 208 Å². The maximum atomic E-state index is 12.7. The van der Waals surface area contributed by atoms with Crippen molar-refractivity contribution in [3.63, 3.8) is 0 Å². The van der Waals surface area contributed by atoms with Gasteiger partial charge in [-0.3, -0.25) is 37.3 Å². The Hall–Kier alpha value is -1.94. The Morgan fingerprint density at radius 2 is 0.708 bits per heavy atom. The summed E-state index contributed by atoms with van der Waals surface area (Å²) in [7, 11) is -9.82. The number of esters is 4. The predicted octanol–water partition coefficient (Wildman–Crippen LogP) is 10.8. The van der Waals surface area contributed by atoms with Gasteiger partial charge in [-0.25, -0.2) is 9.13 Å². The van der Waals surface area contributed by atoms with Crippen molar-refractivity contribution in [1.82, 2.24) is 0 Å². The Labute approximate surface area is 390 Å². The third-order valence-corrected chi connectivity index (χ3v) is 12.2. The van der Waals surface area contributed by atoms with Gasteiger partial charge in [-0.05, 0) is 31.6 Å². The third kappa shape index (κ3) is 41.9. The summed E-state index contributed by atoms with van der Waals surface area (Å²) in [6.07, 6.45) is 18.3. The number of hydrogen-bond donors (Lipinski definition) is 3. The lowest BCUT2D eigenvalue weighted by Gasteiger charge is -2.21. The molecule has 0 aliphatic carbocycles. The van der Waals surface area contributed by atoms with Gasteiger partial charge in [0.2, 0.25) is 0 Å².